The van der Waals surface area contributed by atoms with Crippen molar-refractivity contribution in [3.8, 4) is 11.5 Å². The molecule has 50 heavy (non-hydrogen) atoms. The summed E-state index contributed by atoms with van der Waals surface area (Å²) in [6.07, 6.45) is 9.17. The molecule has 1 aromatic heterocycles. The van der Waals surface area contributed by atoms with Crippen LogP contribution in [0.4, 0.5) is 5.69 Å². The molecule has 0 aliphatic carbocycles. The summed E-state index contributed by atoms with van der Waals surface area (Å²) in [6.45, 7) is 7.98. The van der Waals surface area contributed by atoms with Crippen LogP contribution in [-0.2, 0) is 36.4 Å². The molecule has 16 heteroatoms. The molecule has 0 saturated heterocycles. The van der Waals surface area contributed by atoms with Gasteiger partial charge in [0, 0.05) is 70.7 Å². The molecular formula is C34H39N5O9S2. The molecule has 3 aliphatic heterocycles. The lowest BCUT2D eigenvalue weighted by molar-refractivity contribution is -0.144. The van der Waals surface area contributed by atoms with Gasteiger partial charge in [0.2, 0.25) is 0 Å². The monoisotopic (exact) mass is 725 g/mol. The summed E-state index contributed by atoms with van der Waals surface area (Å²) in [5.74, 6) is 4.73. The summed E-state index contributed by atoms with van der Waals surface area (Å²) in [7, 11) is -8.78. The Hall–Kier alpha value is -4.35. The number of nitrogens with zero attached hydrogens (tertiary/aromatic N) is 3. The molecule has 3 aliphatic rings. The number of anilines is 1. The van der Waals surface area contributed by atoms with E-state index < -0.39 is 48.8 Å². The van der Waals surface area contributed by atoms with E-state index in [0.29, 0.717) is 92.8 Å². The van der Waals surface area contributed by atoms with Gasteiger partial charge in [-0.05, 0) is 63.8 Å². The summed E-state index contributed by atoms with van der Waals surface area (Å²) in [4.78, 5) is 25.3. The van der Waals surface area contributed by atoms with E-state index in [4.69, 9.17) is 20.6 Å². The number of hydrogen-bond acceptors (Lipinski definition) is 11. The lowest BCUT2D eigenvalue weighted by atomic mass is 9.87. The van der Waals surface area contributed by atoms with Gasteiger partial charge in [-0.1, -0.05) is 18.6 Å². The maximum absolute atomic E-state index is 12.1. The Morgan fingerprint density at radius 1 is 0.920 bits per heavy atom. The van der Waals surface area contributed by atoms with Gasteiger partial charge in [-0.3, -0.25) is 18.9 Å². The number of carbonyl (C=O) groups is 1. The second kappa shape index (κ2) is 12.8. The van der Waals surface area contributed by atoms with Gasteiger partial charge >= 0.3 is 5.97 Å². The smallest absolute Gasteiger partial charge is 0.324 e. The Kier molecular flexibility index (Phi) is 9.05. The van der Waals surface area contributed by atoms with Crippen molar-refractivity contribution in [1.29, 1.82) is 0 Å². The van der Waals surface area contributed by atoms with Crippen LogP contribution in [-0.4, -0.2) is 64.0 Å². The lowest BCUT2D eigenvalue weighted by Crippen LogP contribution is -2.33. The zero-order valence-corrected chi connectivity index (χ0v) is 29.7. The van der Waals surface area contributed by atoms with Crippen LogP contribution in [0.3, 0.4) is 0 Å². The van der Waals surface area contributed by atoms with Gasteiger partial charge in [-0.2, -0.15) is 22.7 Å². The molecule has 4 heterocycles. The predicted octanol–water partition coefficient (Wildman–Crippen LogP) is 3.37. The minimum absolute atomic E-state index is 0.199. The van der Waals surface area contributed by atoms with Crippen LogP contribution < -0.4 is 26.5 Å². The molecule has 2 aromatic carbocycles. The highest BCUT2D eigenvalue weighted by atomic mass is 32.2. The van der Waals surface area contributed by atoms with Gasteiger partial charge in [-0.15, -0.1) is 0 Å². The molecule has 266 valence electrons. The van der Waals surface area contributed by atoms with Crippen molar-refractivity contribution in [3.63, 3.8) is 0 Å². The highest BCUT2D eigenvalue weighted by Gasteiger charge is 2.33. The molecule has 0 unspecified atom stereocenters. The van der Waals surface area contributed by atoms with Gasteiger partial charge in [0.05, 0.1) is 16.4 Å². The van der Waals surface area contributed by atoms with E-state index in [2.05, 4.69) is 10.2 Å². The zero-order valence-electron chi connectivity index (χ0n) is 28.1. The van der Waals surface area contributed by atoms with E-state index in [1.54, 1.807) is 36.5 Å². The summed E-state index contributed by atoms with van der Waals surface area (Å²) in [5.41, 5.74) is 2.27. The molecule has 5 N–H and O–H groups in total. The number of unbranched alkanes of at least 4 members (excludes halogenated alkanes) is 2. The fraction of sp³-hybridized carbons (Fsp3) is 0.382. The first-order valence-electron chi connectivity index (χ1n) is 16.0. The van der Waals surface area contributed by atoms with Crippen molar-refractivity contribution >= 4 is 48.6 Å². The van der Waals surface area contributed by atoms with Gasteiger partial charge in [0.25, 0.3) is 20.2 Å². The molecule has 0 saturated carbocycles. The van der Waals surface area contributed by atoms with E-state index in [-0.39, 0.29) is 6.42 Å². The van der Waals surface area contributed by atoms with Crippen molar-refractivity contribution in [2.75, 3.05) is 16.8 Å². The first-order chi connectivity index (χ1) is 23.3. The Labute approximate surface area is 289 Å². The molecule has 14 nitrogen and oxygen atoms in total. The fourth-order valence-corrected chi connectivity index (χ4v) is 8.08. The maximum Gasteiger partial charge on any atom is 0.324 e. The number of carbonyl (C=O) groups excluding carboxylic acids is 1. The second-order valence-corrected chi connectivity index (χ2v) is 16.8. The minimum Gasteiger partial charge on any atom is -0.456 e. The fourth-order valence-electron chi connectivity index (χ4n) is 6.81. The number of nitrogens with one attached hydrogen (secondary N) is 1. The van der Waals surface area contributed by atoms with Crippen LogP contribution in [0.1, 0.15) is 75.9 Å². The minimum atomic E-state index is -4.40. The molecule has 0 amide bonds. The summed E-state index contributed by atoms with van der Waals surface area (Å²) >= 11 is 0. The van der Waals surface area contributed by atoms with E-state index in [0.717, 1.165) is 0 Å². The quantitative estimate of drug-likeness (QED) is 0.0996. The summed E-state index contributed by atoms with van der Waals surface area (Å²) < 4.78 is 76.7. The number of aromatic nitrogens is 2. The van der Waals surface area contributed by atoms with Gasteiger partial charge in [0.1, 0.15) is 28.8 Å². The number of hydrogen-bond donors (Lipinski definition) is 4. The highest BCUT2D eigenvalue weighted by Crippen LogP contribution is 2.44. The highest BCUT2D eigenvalue weighted by molar-refractivity contribution is 7.86. The van der Waals surface area contributed by atoms with Crippen LogP contribution in [0.25, 0.3) is 16.7 Å². The van der Waals surface area contributed by atoms with Crippen LogP contribution in [0.5, 0.6) is 11.5 Å². The molecule has 0 spiro atoms. The van der Waals surface area contributed by atoms with E-state index in [1.807, 2.05) is 44.5 Å². The van der Waals surface area contributed by atoms with E-state index >= 15 is 0 Å². The Morgan fingerprint density at radius 2 is 1.62 bits per heavy atom. The zero-order chi connectivity index (χ0) is 36.2. The number of ether oxygens (including phenoxy) is 1. The van der Waals surface area contributed by atoms with E-state index in [9.17, 15) is 30.7 Å². The SMILES string of the molecule is CC1(C)C=C(CS(=O)(=O)O)c2cc3c(cc2=N1)Oc1cc2c(cc1C=3c1nccn1CCCCCC(=O)ON)C(CS(=O)(=O)O)=CC(C)(C)N2. The third-order valence-electron chi connectivity index (χ3n) is 8.62. The number of imidazole rings is 1. The molecule has 3 aromatic rings. The first-order valence-corrected chi connectivity index (χ1v) is 19.2. The van der Waals surface area contributed by atoms with Crippen molar-refractivity contribution in [2.45, 2.75) is 71.0 Å². The van der Waals surface area contributed by atoms with Crippen LogP contribution in [0.2, 0.25) is 0 Å². The van der Waals surface area contributed by atoms with Crippen LogP contribution >= 0.6 is 0 Å². The number of nitrogens with two attached hydrogens (primary N) is 1. The maximum atomic E-state index is 12.1. The number of aryl methyl sites for hydroxylation is 1. The molecule has 0 fully saturated rings. The lowest BCUT2D eigenvalue weighted by Gasteiger charge is -2.34. The molecule has 0 radical (unpaired) electrons. The van der Waals surface area contributed by atoms with Gasteiger partial charge in [-0.25, -0.2) is 4.98 Å². The number of fused-ring (bicyclic) bond motifs is 4. The number of benzene rings is 2. The molecule has 6 rings (SSSR count). The van der Waals surface area contributed by atoms with Gasteiger partial charge < -0.3 is 19.5 Å². The van der Waals surface area contributed by atoms with Gasteiger partial charge in [0.15, 0.2) is 0 Å². The topological polar surface area (TPSA) is 212 Å². The Morgan fingerprint density at radius 3 is 2.30 bits per heavy atom. The van der Waals surface area contributed by atoms with Crippen LogP contribution in [0.15, 0.2) is 53.8 Å². The average molecular weight is 726 g/mol. The third kappa shape index (κ3) is 7.68. The molecule has 0 bridgehead atoms. The Balaban J connectivity index is 1.57. The van der Waals surface area contributed by atoms with Crippen molar-refractivity contribution < 1.29 is 40.3 Å². The van der Waals surface area contributed by atoms with Crippen molar-refractivity contribution in [1.82, 2.24) is 9.55 Å². The second-order valence-electron chi connectivity index (χ2n) is 13.9. The normalized spacial score (nSPS) is 17.1. The predicted molar refractivity (Wildman–Crippen MR) is 187 cm³/mol. The van der Waals surface area contributed by atoms with Crippen molar-refractivity contribution in [2.24, 2.45) is 10.9 Å². The van der Waals surface area contributed by atoms with Crippen molar-refractivity contribution in [3.05, 3.63) is 81.9 Å². The summed E-state index contributed by atoms with van der Waals surface area (Å²) in [5, 5.41) is 4.49. The van der Waals surface area contributed by atoms with Crippen LogP contribution in [0, 0.1) is 0 Å². The largest absolute Gasteiger partial charge is 0.456 e. The standard InChI is InChI=1S/C34H39N5O9S2/c1-33(2)16-20(18-49(41,42)43)22-12-24-28(14-26(22)37-33)47-29-15-27-23(21(19-50(44,45)46)17-34(3,4)38-27)13-25(29)31(24)32-36-9-11-39(32)10-7-5-6-8-30(40)48-35/h9,11-17,37H,5-8,10,18-19,35H2,1-4H3,(H,41,42,43)(H,44,45,46). The third-order valence-corrected chi connectivity index (χ3v) is 9.97. The molecular weight excluding hydrogens is 687 g/mol. The Bertz CT molecular complexity index is 2320. The average Bonchev–Trinajstić information content (AvgIpc) is 3.43. The number of rotatable bonds is 11. The summed E-state index contributed by atoms with van der Waals surface area (Å²) in [6, 6.07) is 7.13. The first kappa shape index (κ1) is 35.5. The molecule has 0 atom stereocenters. The van der Waals surface area contributed by atoms with E-state index in [1.165, 1.54) is 0 Å².